The normalized spacial score (nSPS) is 11.1. The number of benzene rings is 1. The van der Waals surface area contributed by atoms with Crippen molar-refractivity contribution in [3.8, 4) is 0 Å². The van der Waals surface area contributed by atoms with Crippen molar-refractivity contribution in [3.63, 3.8) is 0 Å². The van der Waals surface area contributed by atoms with E-state index in [1.54, 1.807) is 6.07 Å². The Hall–Kier alpha value is -1.06. The number of amides is 1. The molecule has 0 fully saturated rings. The molecule has 1 aromatic carbocycles. The van der Waals surface area contributed by atoms with Crippen LogP contribution in [0, 0.1) is 13.8 Å². The van der Waals surface area contributed by atoms with Crippen molar-refractivity contribution in [2.45, 2.75) is 25.1 Å². The van der Waals surface area contributed by atoms with E-state index in [0.29, 0.717) is 5.69 Å². The zero-order chi connectivity index (χ0) is 13.2. The van der Waals surface area contributed by atoms with Crippen LogP contribution in [0.1, 0.15) is 18.1 Å². The first-order chi connectivity index (χ1) is 7.75. The number of Topliss-reactive ketones (excluding diaryl/α,β-unsaturated/α-hetero) is 1. The third-order valence-electron chi connectivity index (χ3n) is 2.36. The Morgan fingerprint density at radius 1 is 1.24 bits per heavy atom. The summed E-state index contributed by atoms with van der Waals surface area (Å²) in [6.07, 6.45) is 0. The molecule has 0 aromatic heterocycles. The van der Waals surface area contributed by atoms with Crippen molar-refractivity contribution < 1.29 is 9.59 Å². The number of alkyl halides is 2. The molecule has 92 valence electrons. The van der Waals surface area contributed by atoms with E-state index >= 15 is 0 Å². The lowest BCUT2D eigenvalue weighted by atomic mass is 10.1. The molecular formula is C12H13Cl2NO2. The van der Waals surface area contributed by atoms with Crippen molar-refractivity contribution in [1.82, 2.24) is 0 Å². The zero-order valence-electron chi connectivity index (χ0n) is 9.80. The molecule has 0 radical (unpaired) electrons. The summed E-state index contributed by atoms with van der Waals surface area (Å²) in [6.45, 7) is 4.96. The molecule has 5 heteroatoms. The van der Waals surface area contributed by atoms with Crippen LogP contribution in [0.4, 0.5) is 5.69 Å². The van der Waals surface area contributed by atoms with Crippen molar-refractivity contribution in [2.24, 2.45) is 0 Å². The number of hydrogen-bond acceptors (Lipinski definition) is 2. The maximum Gasteiger partial charge on any atom is 0.268 e. The van der Waals surface area contributed by atoms with Gasteiger partial charge in [0.2, 0.25) is 0 Å². The fraction of sp³-hybridized carbons (Fsp3) is 0.333. The van der Waals surface area contributed by atoms with Crippen LogP contribution in [0.5, 0.6) is 0 Å². The fourth-order valence-electron chi connectivity index (χ4n) is 1.31. The molecule has 0 bridgehead atoms. The number of carbonyl (C=O) groups is 2. The third-order valence-corrected chi connectivity index (χ3v) is 3.23. The van der Waals surface area contributed by atoms with Gasteiger partial charge in [-0.05, 0) is 32.4 Å². The number of ketones is 1. The number of hydrogen-bond donors (Lipinski definition) is 1. The molecular weight excluding hydrogens is 261 g/mol. The van der Waals surface area contributed by atoms with Gasteiger partial charge < -0.3 is 5.32 Å². The van der Waals surface area contributed by atoms with Crippen LogP contribution in [0.2, 0.25) is 0 Å². The molecule has 17 heavy (non-hydrogen) atoms. The van der Waals surface area contributed by atoms with Crippen molar-refractivity contribution in [3.05, 3.63) is 29.3 Å². The van der Waals surface area contributed by atoms with Gasteiger partial charge >= 0.3 is 0 Å². The van der Waals surface area contributed by atoms with Gasteiger partial charge in [-0.15, -0.1) is 0 Å². The third kappa shape index (κ3) is 3.20. The lowest BCUT2D eigenvalue weighted by Gasteiger charge is -2.16. The van der Waals surface area contributed by atoms with E-state index in [0.717, 1.165) is 11.1 Å². The van der Waals surface area contributed by atoms with Crippen LogP contribution >= 0.6 is 23.2 Å². The highest BCUT2D eigenvalue weighted by Crippen LogP contribution is 2.25. The van der Waals surface area contributed by atoms with Crippen molar-refractivity contribution in [2.75, 3.05) is 5.32 Å². The number of halogens is 2. The van der Waals surface area contributed by atoms with E-state index < -0.39 is 16.0 Å². The number of aryl methyl sites for hydroxylation is 2. The number of nitrogens with one attached hydrogen (secondary N) is 1. The molecule has 1 amide bonds. The monoisotopic (exact) mass is 273 g/mol. The van der Waals surface area contributed by atoms with Gasteiger partial charge in [0.25, 0.3) is 10.2 Å². The maximum atomic E-state index is 11.7. The van der Waals surface area contributed by atoms with Gasteiger partial charge in [0.1, 0.15) is 0 Å². The average molecular weight is 274 g/mol. The highest BCUT2D eigenvalue weighted by molar-refractivity contribution is 6.68. The van der Waals surface area contributed by atoms with E-state index in [9.17, 15) is 9.59 Å². The minimum atomic E-state index is -2.04. The van der Waals surface area contributed by atoms with Crippen LogP contribution in [0.3, 0.4) is 0 Å². The minimum Gasteiger partial charge on any atom is -0.323 e. The molecule has 0 aliphatic rings. The van der Waals surface area contributed by atoms with Crippen LogP contribution < -0.4 is 5.32 Å². The first-order valence-corrected chi connectivity index (χ1v) is 5.78. The Labute approximate surface area is 110 Å². The lowest BCUT2D eigenvalue weighted by molar-refractivity contribution is -0.125. The Morgan fingerprint density at radius 2 is 1.82 bits per heavy atom. The summed E-state index contributed by atoms with van der Waals surface area (Å²) in [5, 5.41) is 2.54. The Bertz CT molecular complexity index is 470. The molecule has 0 atom stereocenters. The second-order valence-corrected chi connectivity index (χ2v) is 5.23. The minimum absolute atomic E-state index is 0.590. The standard InChI is InChI=1S/C12H13Cl2NO2/c1-7-4-5-10(8(2)6-7)15-11(17)12(13,14)9(3)16/h4-6H,1-3H3,(H,15,17). The molecule has 0 aliphatic carbocycles. The van der Waals surface area contributed by atoms with Gasteiger partial charge in [0.15, 0.2) is 5.78 Å². The predicted molar refractivity (Wildman–Crippen MR) is 69.7 cm³/mol. The Kier molecular flexibility index (Phi) is 4.17. The largest absolute Gasteiger partial charge is 0.323 e. The predicted octanol–water partition coefficient (Wildman–Crippen LogP) is 3.00. The van der Waals surface area contributed by atoms with E-state index in [4.69, 9.17) is 23.2 Å². The van der Waals surface area contributed by atoms with E-state index in [2.05, 4.69) is 5.32 Å². The summed E-state index contributed by atoms with van der Waals surface area (Å²) < 4.78 is -2.04. The van der Waals surface area contributed by atoms with E-state index in [-0.39, 0.29) is 0 Å². The van der Waals surface area contributed by atoms with Crippen LogP contribution in [-0.4, -0.2) is 16.0 Å². The highest BCUT2D eigenvalue weighted by Gasteiger charge is 2.39. The van der Waals surface area contributed by atoms with Gasteiger partial charge in [0.05, 0.1) is 0 Å². The summed E-state index contributed by atoms with van der Waals surface area (Å²) in [4.78, 5) is 22.8. The molecule has 3 nitrogen and oxygen atoms in total. The zero-order valence-corrected chi connectivity index (χ0v) is 11.3. The molecule has 0 unspecified atom stereocenters. The topological polar surface area (TPSA) is 46.2 Å². The Balaban J connectivity index is 2.92. The number of rotatable bonds is 3. The fourth-order valence-corrected chi connectivity index (χ4v) is 1.41. The molecule has 0 aliphatic heterocycles. The average Bonchev–Trinajstić information content (AvgIpc) is 2.21. The van der Waals surface area contributed by atoms with E-state index in [1.165, 1.54) is 6.92 Å². The summed E-state index contributed by atoms with van der Waals surface area (Å²) >= 11 is 11.3. The summed E-state index contributed by atoms with van der Waals surface area (Å²) in [5.74, 6) is -1.34. The number of anilines is 1. The second kappa shape index (κ2) is 5.07. The molecule has 1 aromatic rings. The number of carbonyl (C=O) groups excluding carboxylic acids is 2. The van der Waals surface area contributed by atoms with Gasteiger partial charge in [-0.1, -0.05) is 40.9 Å². The lowest BCUT2D eigenvalue weighted by Crippen LogP contribution is -2.38. The first kappa shape index (κ1) is 14.0. The SMILES string of the molecule is CC(=O)C(Cl)(Cl)C(=O)Nc1ccc(C)cc1C. The van der Waals surface area contributed by atoms with Gasteiger partial charge in [-0.3, -0.25) is 9.59 Å². The maximum absolute atomic E-state index is 11.7. The molecule has 1 rings (SSSR count). The van der Waals surface area contributed by atoms with Crippen LogP contribution in [0.25, 0.3) is 0 Å². The van der Waals surface area contributed by atoms with Gasteiger partial charge in [-0.2, -0.15) is 0 Å². The quantitative estimate of drug-likeness (QED) is 0.680. The van der Waals surface area contributed by atoms with Crippen molar-refractivity contribution >= 4 is 40.6 Å². The smallest absolute Gasteiger partial charge is 0.268 e. The highest BCUT2D eigenvalue weighted by atomic mass is 35.5. The first-order valence-electron chi connectivity index (χ1n) is 5.02. The van der Waals surface area contributed by atoms with Crippen molar-refractivity contribution in [1.29, 1.82) is 0 Å². The summed E-state index contributed by atoms with van der Waals surface area (Å²) in [6, 6.07) is 5.50. The van der Waals surface area contributed by atoms with Gasteiger partial charge in [0, 0.05) is 5.69 Å². The molecule has 1 N–H and O–H groups in total. The second-order valence-electron chi connectivity index (χ2n) is 3.90. The molecule has 0 saturated carbocycles. The molecule has 0 heterocycles. The van der Waals surface area contributed by atoms with Crippen LogP contribution in [0.15, 0.2) is 18.2 Å². The van der Waals surface area contributed by atoms with E-state index in [1.807, 2.05) is 26.0 Å². The van der Waals surface area contributed by atoms with Crippen LogP contribution in [-0.2, 0) is 9.59 Å². The summed E-state index contributed by atoms with van der Waals surface area (Å²) in [5.41, 5.74) is 2.55. The summed E-state index contributed by atoms with van der Waals surface area (Å²) in [7, 11) is 0. The molecule has 0 saturated heterocycles. The Morgan fingerprint density at radius 3 is 2.29 bits per heavy atom. The van der Waals surface area contributed by atoms with Gasteiger partial charge in [-0.25, -0.2) is 0 Å². The molecule has 0 spiro atoms.